The second-order valence-corrected chi connectivity index (χ2v) is 8.10. The van der Waals surface area contributed by atoms with E-state index in [0.29, 0.717) is 29.5 Å². The maximum absolute atomic E-state index is 13.4. The van der Waals surface area contributed by atoms with Crippen LogP contribution in [0.15, 0.2) is 78.9 Å². The standard InChI is InChI=1S/C27H29ClN2O4/c1-3-29-27(32)24(17-20-9-5-4-6-10-20)30(18-21-13-15-22(33-2)16-14-21)26(31)19-34-25-12-8-7-11-23(25)28/h4-16,24H,3,17-19H2,1-2H3,(H,29,32)/t24-/m1/s1. The third-order valence-corrected chi connectivity index (χ3v) is 5.63. The van der Waals surface area contributed by atoms with E-state index in [4.69, 9.17) is 21.1 Å². The van der Waals surface area contributed by atoms with E-state index in [9.17, 15) is 9.59 Å². The fraction of sp³-hybridized carbons (Fsp3) is 0.259. The number of ether oxygens (including phenoxy) is 2. The molecule has 6 nitrogen and oxygen atoms in total. The number of likely N-dealkylation sites (N-methyl/N-ethyl adjacent to an activating group) is 1. The molecule has 0 aliphatic carbocycles. The number of benzene rings is 3. The molecule has 3 aromatic carbocycles. The lowest BCUT2D eigenvalue weighted by atomic mass is 10.0. The molecule has 178 valence electrons. The van der Waals surface area contributed by atoms with Crippen molar-refractivity contribution in [2.45, 2.75) is 25.9 Å². The van der Waals surface area contributed by atoms with E-state index in [0.717, 1.165) is 11.1 Å². The van der Waals surface area contributed by atoms with E-state index in [-0.39, 0.29) is 25.0 Å². The Kier molecular flexibility index (Phi) is 9.35. The van der Waals surface area contributed by atoms with Gasteiger partial charge in [0.25, 0.3) is 5.91 Å². The molecule has 1 atom stereocenters. The van der Waals surface area contributed by atoms with Gasteiger partial charge in [0.2, 0.25) is 5.91 Å². The van der Waals surface area contributed by atoms with Gasteiger partial charge in [-0.15, -0.1) is 0 Å². The predicted molar refractivity (Wildman–Crippen MR) is 133 cm³/mol. The monoisotopic (exact) mass is 480 g/mol. The van der Waals surface area contributed by atoms with E-state index in [1.54, 1.807) is 36.3 Å². The largest absolute Gasteiger partial charge is 0.497 e. The van der Waals surface area contributed by atoms with E-state index in [2.05, 4.69) is 5.32 Å². The van der Waals surface area contributed by atoms with Crippen molar-refractivity contribution in [1.29, 1.82) is 0 Å². The van der Waals surface area contributed by atoms with Crippen molar-refractivity contribution in [3.63, 3.8) is 0 Å². The molecule has 2 amide bonds. The van der Waals surface area contributed by atoms with Crippen molar-refractivity contribution in [3.8, 4) is 11.5 Å². The molecule has 0 aliphatic heterocycles. The Morgan fingerprint density at radius 2 is 1.62 bits per heavy atom. The van der Waals surface area contributed by atoms with Crippen LogP contribution in [0.3, 0.4) is 0 Å². The van der Waals surface area contributed by atoms with Gasteiger partial charge in [0.05, 0.1) is 12.1 Å². The number of halogens is 1. The average molecular weight is 481 g/mol. The van der Waals surface area contributed by atoms with E-state index >= 15 is 0 Å². The van der Waals surface area contributed by atoms with Crippen LogP contribution in [-0.4, -0.2) is 43.0 Å². The summed E-state index contributed by atoms with van der Waals surface area (Å²) < 4.78 is 11.0. The quantitative estimate of drug-likeness (QED) is 0.438. The molecule has 3 aromatic rings. The number of methoxy groups -OCH3 is 1. The minimum atomic E-state index is -0.716. The zero-order chi connectivity index (χ0) is 24.3. The van der Waals surface area contributed by atoms with Gasteiger partial charge in [-0.25, -0.2) is 0 Å². The van der Waals surface area contributed by atoms with E-state index in [1.807, 2.05) is 61.5 Å². The summed E-state index contributed by atoms with van der Waals surface area (Å²) in [6, 6.07) is 23.3. The van der Waals surface area contributed by atoms with Crippen LogP contribution in [0.25, 0.3) is 0 Å². The molecule has 7 heteroatoms. The number of rotatable bonds is 11. The van der Waals surface area contributed by atoms with Gasteiger partial charge in [0.1, 0.15) is 17.5 Å². The number of carbonyl (C=O) groups excluding carboxylic acids is 2. The minimum Gasteiger partial charge on any atom is -0.497 e. The molecule has 0 saturated heterocycles. The summed E-state index contributed by atoms with van der Waals surface area (Å²) in [6.45, 7) is 2.31. The predicted octanol–water partition coefficient (Wildman–Crippen LogP) is 4.50. The third-order valence-electron chi connectivity index (χ3n) is 5.32. The highest BCUT2D eigenvalue weighted by Crippen LogP contribution is 2.24. The van der Waals surface area contributed by atoms with Gasteiger partial charge in [-0.2, -0.15) is 0 Å². The molecule has 0 aliphatic rings. The summed E-state index contributed by atoms with van der Waals surface area (Å²) in [4.78, 5) is 28.1. The number of hydrogen-bond donors (Lipinski definition) is 1. The van der Waals surface area contributed by atoms with Crippen LogP contribution >= 0.6 is 11.6 Å². The van der Waals surface area contributed by atoms with Crippen LogP contribution in [0.5, 0.6) is 11.5 Å². The molecule has 0 fully saturated rings. The van der Waals surface area contributed by atoms with Crippen LogP contribution < -0.4 is 14.8 Å². The Morgan fingerprint density at radius 1 is 0.941 bits per heavy atom. The van der Waals surface area contributed by atoms with Crippen molar-refractivity contribution in [2.75, 3.05) is 20.3 Å². The van der Waals surface area contributed by atoms with Gasteiger partial charge in [-0.05, 0) is 42.3 Å². The molecular weight excluding hydrogens is 452 g/mol. The van der Waals surface area contributed by atoms with Crippen molar-refractivity contribution in [3.05, 3.63) is 95.0 Å². The summed E-state index contributed by atoms with van der Waals surface area (Å²) >= 11 is 6.18. The van der Waals surface area contributed by atoms with Gasteiger partial charge in [0, 0.05) is 19.5 Å². The lowest BCUT2D eigenvalue weighted by molar-refractivity contribution is -0.142. The van der Waals surface area contributed by atoms with Gasteiger partial charge in [-0.1, -0.05) is 66.2 Å². The topological polar surface area (TPSA) is 67.9 Å². The molecule has 1 N–H and O–H groups in total. The second kappa shape index (κ2) is 12.7. The Balaban J connectivity index is 1.89. The number of nitrogens with zero attached hydrogens (tertiary/aromatic N) is 1. The molecule has 0 aromatic heterocycles. The van der Waals surface area contributed by atoms with Gasteiger partial charge >= 0.3 is 0 Å². The smallest absolute Gasteiger partial charge is 0.261 e. The molecule has 0 bridgehead atoms. The molecule has 0 spiro atoms. The highest BCUT2D eigenvalue weighted by Gasteiger charge is 2.30. The first-order valence-electron chi connectivity index (χ1n) is 11.1. The summed E-state index contributed by atoms with van der Waals surface area (Å²) in [5.74, 6) is 0.599. The number of carbonyl (C=O) groups is 2. The van der Waals surface area contributed by atoms with Crippen molar-refractivity contribution < 1.29 is 19.1 Å². The zero-order valence-corrected chi connectivity index (χ0v) is 20.1. The molecular formula is C27H29ClN2O4. The molecule has 0 saturated carbocycles. The average Bonchev–Trinajstić information content (AvgIpc) is 2.86. The highest BCUT2D eigenvalue weighted by molar-refractivity contribution is 6.32. The molecule has 0 heterocycles. The molecule has 0 radical (unpaired) electrons. The van der Waals surface area contributed by atoms with Gasteiger partial charge in [-0.3, -0.25) is 9.59 Å². The van der Waals surface area contributed by atoms with E-state index in [1.165, 1.54) is 0 Å². The first kappa shape index (κ1) is 25.1. The normalized spacial score (nSPS) is 11.4. The fourth-order valence-corrected chi connectivity index (χ4v) is 3.75. The van der Waals surface area contributed by atoms with Crippen LogP contribution in [-0.2, 0) is 22.6 Å². The summed E-state index contributed by atoms with van der Waals surface area (Å²) in [5.41, 5.74) is 1.83. The minimum absolute atomic E-state index is 0.217. The maximum atomic E-state index is 13.4. The number of amides is 2. The summed E-state index contributed by atoms with van der Waals surface area (Å²) in [7, 11) is 1.60. The first-order chi connectivity index (χ1) is 16.5. The summed E-state index contributed by atoms with van der Waals surface area (Å²) in [5, 5.41) is 3.29. The first-order valence-corrected chi connectivity index (χ1v) is 11.5. The SMILES string of the molecule is CCNC(=O)[C@@H](Cc1ccccc1)N(Cc1ccc(OC)cc1)C(=O)COc1ccccc1Cl. The van der Waals surface area contributed by atoms with Crippen molar-refractivity contribution >= 4 is 23.4 Å². The van der Waals surface area contributed by atoms with Crippen LogP contribution in [0.2, 0.25) is 5.02 Å². The number of para-hydroxylation sites is 1. The van der Waals surface area contributed by atoms with Gasteiger partial charge in [0.15, 0.2) is 6.61 Å². The van der Waals surface area contributed by atoms with Crippen molar-refractivity contribution in [2.24, 2.45) is 0 Å². The second-order valence-electron chi connectivity index (χ2n) is 7.69. The highest BCUT2D eigenvalue weighted by atomic mass is 35.5. The van der Waals surface area contributed by atoms with E-state index < -0.39 is 6.04 Å². The fourth-order valence-electron chi connectivity index (χ4n) is 3.56. The zero-order valence-electron chi connectivity index (χ0n) is 19.4. The summed E-state index contributed by atoms with van der Waals surface area (Å²) in [6.07, 6.45) is 0.376. The van der Waals surface area contributed by atoms with Crippen molar-refractivity contribution in [1.82, 2.24) is 10.2 Å². The Bertz CT molecular complexity index is 1070. The Hall–Kier alpha value is -3.51. The lowest BCUT2D eigenvalue weighted by Crippen LogP contribution is -2.51. The molecule has 34 heavy (non-hydrogen) atoms. The van der Waals surface area contributed by atoms with Crippen LogP contribution in [0.1, 0.15) is 18.1 Å². The Morgan fingerprint density at radius 3 is 2.26 bits per heavy atom. The molecule has 3 rings (SSSR count). The number of nitrogens with one attached hydrogen (secondary N) is 1. The Labute approximate surface area is 205 Å². The van der Waals surface area contributed by atoms with Crippen LogP contribution in [0.4, 0.5) is 0 Å². The van der Waals surface area contributed by atoms with Crippen LogP contribution in [0, 0.1) is 0 Å². The third kappa shape index (κ3) is 6.99. The maximum Gasteiger partial charge on any atom is 0.261 e. The van der Waals surface area contributed by atoms with Gasteiger partial charge < -0.3 is 19.7 Å². The molecule has 0 unspecified atom stereocenters. The lowest BCUT2D eigenvalue weighted by Gasteiger charge is -2.31. The number of hydrogen-bond acceptors (Lipinski definition) is 4.